The fraction of sp³-hybridized carbons (Fsp3) is 0.417. The lowest BCUT2D eigenvalue weighted by molar-refractivity contribution is -0.138. The normalized spacial score (nSPS) is 17.1. The maximum absolute atomic E-state index is 12.1. The van der Waals surface area contributed by atoms with E-state index in [1.807, 2.05) is 4.72 Å². The van der Waals surface area contributed by atoms with Crippen molar-refractivity contribution in [3.8, 4) is 0 Å². The monoisotopic (exact) mass is 348 g/mol. The predicted octanol–water partition coefficient (Wildman–Crippen LogP) is -0.121. The molecule has 0 unspecified atom stereocenters. The number of rotatable bonds is 7. The van der Waals surface area contributed by atoms with Gasteiger partial charge in [-0.05, 0) is 38.0 Å². The lowest BCUT2D eigenvalue weighted by Gasteiger charge is -2.11. The Labute approximate surface area is 128 Å². The molecule has 1 aromatic rings. The zero-order chi connectivity index (χ0) is 16.5. The van der Waals surface area contributed by atoms with Crippen molar-refractivity contribution in [2.45, 2.75) is 41.6 Å². The van der Waals surface area contributed by atoms with Crippen LogP contribution in [0, 0.1) is 0 Å². The average molecular weight is 348 g/mol. The molecule has 1 fully saturated rings. The van der Waals surface area contributed by atoms with E-state index in [4.69, 9.17) is 5.11 Å². The third kappa shape index (κ3) is 4.03. The number of nitrogens with one attached hydrogen (secondary N) is 2. The molecule has 1 atom stereocenters. The summed E-state index contributed by atoms with van der Waals surface area (Å²) >= 11 is 0. The maximum Gasteiger partial charge on any atom is 0.321 e. The molecule has 122 valence electrons. The lowest BCUT2D eigenvalue weighted by Crippen LogP contribution is -2.38. The minimum atomic E-state index is -4.12. The van der Waals surface area contributed by atoms with Crippen LogP contribution in [0.4, 0.5) is 0 Å². The fourth-order valence-corrected chi connectivity index (χ4v) is 4.32. The van der Waals surface area contributed by atoms with E-state index in [1.165, 1.54) is 25.1 Å². The van der Waals surface area contributed by atoms with Crippen LogP contribution in [0.5, 0.6) is 0 Å². The van der Waals surface area contributed by atoms with Crippen LogP contribution in [0.1, 0.15) is 19.8 Å². The molecule has 22 heavy (non-hydrogen) atoms. The first kappa shape index (κ1) is 16.9. The van der Waals surface area contributed by atoms with E-state index in [2.05, 4.69) is 4.72 Å². The number of benzene rings is 1. The van der Waals surface area contributed by atoms with Gasteiger partial charge in [0.05, 0.1) is 9.79 Å². The number of carbonyl (C=O) groups is 1. The smallest absolute Gasteiger partial charge is 0.321 e. The molecular formula is C12H16N2O6S2. The fourth-order valence-electron chi connectivity index (χ4n) is 1.65. The summed E-state index contributed by atoms with van der Waals surface area (Å²) in [6.45, 7) is 1.18. The van der Waals surface area contributed by atoms with Crippen molar-refractivity contribution >= 4 is 26.0 Å². The Morgan fingerprint density at radius 3 is 2.23 bits per heavy atom. The van der Waals surface area contributed by atoms with E-state index in [9.17, 15) is 21.6 Å². The minimum Gasteiger partial charge on any atom is -0.480 e. The highest BCUT2D eigenvalue weighted by Crippen LogP contribution is 2.23. The lowest BCUT2D eigenvalue weighted by atomic mass is 10.4. The van der Waals surface area contributed by atoms with Crippen LogP contribution < -0.4 is 9.44 Å². The van der Waals surface area contributed by atoms with E-state index in [1.54, 1.807) is 0 Å². The summed E-state index contributed by atoms with van der Waals surface area (Å²) in [7, 11) is -7.91. The summed E-state index contributed by atoms with van der Waals surface area (Å²) in [5, 5.41) is 8.75. The van der Waals surface area contributed by atoms with Crippen molar-refractivity contribution in [2.75, 3.05) is 0 Å². The largest absolute Gasteiger partial charge is 0.480 e. The van der Waals surface area contributed by atoms with Gasteiger partial charge in [-0.1, -0.05) is 6.07 Å². The van der Waals surface area contributed by atoms with E-state index < -0.39 is 32.1 Å². The zero-order valence-corrected chi connectivity index (χ0v) is 13.3. The van der Waals surface area contributed by atoms with Crippen molar-refractivity contribution in [3.05, 3.63) is 24.3 Å². The Morgan fingerprint density at radius 1 is 1.18 bits per heavy atom. The Hall–Kier alpha value is -1.49. The molecule has 3 N–H and O–H groups in total. The highest BCUT2D eigenvalue weighted by molar-refractivity contribution is 7.90. The third-order valence-corrected chi connectivity index (χ3v) is 6.08. The molecule has 0 saturated heterocycles. The molecular weight excluding hydrogens is 332 g/mol. The van der Waals surface area contributed by atoms with Gasteiger partial charge in [0.25, 0.3) is 0 Å². The van der Waals surface area contributed by atoms with Gasteiger partial charge in [-0.15, -0.1) is 0 Å². The van der Waals surface area contributed by atoms with Crippen LogP contribution in [-0.4, -0.2) is 40.0 Å². The topological polar surface area (TPSA) is 130 Å². The van der Waals surface area contributed by atoms with Crippen molar-refractivity contribution in [1.29, 1.82) is 0 Å². The van der Waals surface area contributed by atoms with Gasteiger partial charge in [0.1, 0.15) is 6.04 Å². The molecule has 2 rings (SSSR count). The highest BCUT2D eigenvalue weighted by atomic mass is 32.2. The van der Waals surface area contributed by atoms with E-state index in [0.717, 1.165) is 18.9 Å². The molecule has 8 nitrogen and oxygen atoms in total. The summed E-state index contributed by atoms with van der Waals surface area (Å²) in [6.07, 6.45) is 1.52. The van der Waals surface area contributed by atoms with Gasteiger partial charge in [0.15, 0.2) is 0 Å². The second-order valence-corrected chi connectivity index (χ2v) is 8.48. The number of aliphatic carboxylic acids is 1. The van der Waals surface area contributed by atoms with Crippen LogP contribution in [0.25, 0.3) is 0 Å². The number of hydrogen-bond acceptors (Lipinski definition) is 5. The van der Waals surface area contributed by atoms with Crippen LogP contribution in [-0.2, 0) is 24.8 Å². The number of carboxylic acids is 1. The maximum atomic E-state index is 12.1. The molecule has 0 spiro atoms. The Balaban J connectivity index is 2.29. The van der Waals surface area contributed by atoms with Gasteiger partial charge in [-0.3, -0.25) is 4.79 Å². The SMILES string of the molecule is C[C@H](NS(=O)(=O)c1cccc(S(=O)(=O)NC2CC2)c1)C(=O)O. The molecule has 0 amide bonds. The second-order valence-electron chi connectivity index (χ2n) is 5.05. The average Bonchev–Trinajstić information content (AvgIpc) is 3.21. The van der Waals surface area contributed by atoms with Gasteiger partial charge in [0.2, 0.25) is 20.0 Å². The molecule has 0 aliphatic heterocycles. The quantitative estimate of drug-likeness (QED) is 0.630. The Morgan fingerprint density at radius 2 is 1.73 bits per heavy atom. The summed E-state index contributed by atoms with van der Waals surface area (Å²) in [6, 6.07) is 3.35. The van der Waals surface area contributed by atoms with Gasteiger partial charge in [-0.25, -0.2) is 21.6 Å². The molecule has 0 bridgehead atoms. The molecule has 1 aromatic carbocycles. The van der Waals surface area contributed by atoms with Gasteiger partial charge < -0.3 is 5.11 Å². The second kappa shape index (κ2) is 5.95. The first-order valence-corrected chi connectivity index (χ1v) is 9.46. The Bertz CT molecular complexity index is 784. The van der Waals surface area contributed by atoms with E-state index >= 15 is 0 Å². The number of hydrogen-bond donors (Lipinski definition) is 3. The Kier molecular flexibility index (Phi) is 4.57. The van der Waals surface area contributed by atoms with Crippen LogP contribution in [0.15, 0.2) is 34.1 Å². The predicted molar refractivity (Wildman–Crippen MR) is 77.2 cm³/mol. The molecule has 10 heteroatoms. The van der Waals surface area contributed by atoms with Crippen molar-refractivity contribution in [2.24, 2.45) is 0 Å². The van der Waals surface area contributed by atoms with E-state index in [-0.39, 0.29) is 15.8 Å². The molecule has 0 heterocycles. The van der Waals surface area contributed by atoms with Crippen LogP contribution in [0.2, 0.25) is 0 Å². The van der Waals surface area contributed by atoms with Crippen molar-refractivity contribution < 1.29 is 26.7 Å². The first-order chi connectivity index (χ1) is 10.1. The first-order valence-electron chi connectivity index (χ1n) is 6.49. The third-order valence-electron chi connectivity index (χ3n) is 3.03. The molecule has 1 saturated carbocycles. The van der Waals surface area contributed by atoms with Crippen molar-refractivity contribution in [1.82, 2.24) is 9.44 Å². The van der Waals surface area contributed by atoms with E-state index in [0.29, 0.717) is 0 Å². The standard InChI is InChI=1S/C12H16N2O6S2/c1-8(12(15)16)13-21(17,18)10-3-2-4-11(7-10)22(19,20)14-9-5-6-9/h2-4,7-9,13-14H,5-6H2,1H3,(H,15,16)/t8-/m0/s1. The van der Waals surface area contributed by atoms with Gasteiger partial charge in [0, 0.05) is 6.04 Å². The van der Waals surface area contributed by atoms with Gasteiger partial charge in [-0.2, -0.15) is 4.72 Å². The summed E-state index contributed by atoms with van der Waals surface area (Å²) in [4.78, 5) is 10.2. The molecule has 1 aliphatic carbocycles. The summed E-state index contributed by atoms with van der Waals surface area (Å²) in [5.41, 5.74) is 0. The molecule has 1 aliphatic rings. The van der Waals surface area contributed by atoms with Gasteiger partial charge >= 0.3 is 5.97 Å². The summed E-state index contributed by atoms with van der Waals surface area (Å²) < 4.78 is 52.7. The zero-order valence-electron chi connectivity index (χ0n) is 11.7. The van der Waals surface area contributed by atoms with Crippen LogP contribution >= 0.6 is 0 Å². The molecule has 0 aromatic heterocycles. The molecule has 0 radical (unpaired) electrons. The number of carboxylic acid groups (broad SMARTS) is 1. The minimum absolute atomic E-state index is 0.101. The number of sulfonamides is 2. The van der Waals surface area contributed by atoms with Crippen molar-refractivity contribution in [3.63, 3.8) is 0 Å². The summed E-state index contributed by atoms with van der Waals surface area (Å²) in [5.74, 6) is -1.33. The highest BCUT2D eigenvalue weighted by Gasteiger charge is 2.29. The van der Waals surface area contributed by atoms with Crippen LogP contribution in [0.3, 0.4) is 0 Å².